The first-order chi connectivity index (χ1) is 11.8. The van der Waals surface area contributed by atoms with E-state index in [0.717, 1.165) is 40.0 Å². The number of hydrogen-bond acceptors (Lipinski definition) is 3. The molecule has 24 heavy (non-hydrogen) atoms. The fourth-order valence-corrected chi connectivity index (χ4v) is 3.03. The molecule has 0 bridgehead atoms. The maximum absolute atomic E-state index is 11.8. The lowest BCUT2D eigenvalue weighted by atomic mass is 10.0. The summed E-state index contributed by atoms with van der Waals surface area (Å²) >= 11 is 0. The van der Waals surface area contributed by atoms with Gasteiger partial charge in [-0.15, -0.1) is 0 Å². The van der Waals surface area contributed by atoms with Crippen LogP contribution in [0, 0.1) is 0 Å². The van der Waals surface area contributed by atoms with Crippen LogP contribution in [0.4, 0.5) is 0 Å². The Bertz CT molecular complexity index is 887. The fourth-order valence-electron chi connectivity index (χ4n) is 3.03. The quantitative estimate of drug-likeness (QED) is 0.713. The van der Waals surface area contributed by atoms with E-state index in [-0.39, 0.29) is 5.78 Å². The maximum Gasteiger partial charge on any atom is 0.163 e. The smallest absolute Gasteiger partial charge is 0.163 e. The third-order valence-electron chi connectivity index (χ3n) is 4.32. The second kappa shape index (κ2) is 6.28. The van der Waals surface area contributed by atoms with Crippen molar-refractivity contribution in [2.24, 2.45) is 0 Å². The predicted molar refractivity (Wildman–Crippen MR) is 93.1 cm³/mol. The van der Waals surface area contributed by atoms with Crippen LogP contribution in [-0.2, 0) is 13.0 Å². The van der Waals surface area contributed by atoms with Crippen LogP contribution in [0.1, 0.15) is 27.9 Å². The molecule has 0 amide bonds. The average Bonchev–Trinajstić information content (AvgIpc) is 3.02. The average molecular weight is 315 g/mol. The largest absolute Gasteiger partial charge is 0.487 e. The van der Waals surface area contributed by atoms with Crippen LogP contribution in [0.5, 0.6) is 5.75 Å². The van der Waals surface area contributed by atoms with Crippen LogP contribution in [0.2, 0.25) is 0 Å². The zero-order chi connectivity index (χ0) is 16.4. The number of hydrogen-bond donors (Lipinski definition) is 0. The number of benzene rings is 2. The molecule has 1 aromatic heterocycles. The van der Waals surface area contributed by atoms with Crippen LogP contribution in [0.15, 0.2) is 67.0 Å². The molecule has 3 heteroatoms. The normalized spacial score (nSPS) is 12.9. The molecule has 0 spiro atoms. The Balaban J connectivity index is 1.55. The fraction of sp³-hybridized carbons (Fsp3) is 0.143. The highest BCUT2D eigenvalue weighted by atomic mass is 16.5. The topological polar surface area (TPSA) is 39.2 Å². The lowest BCUT2D eigenvalue weighted by Crippen LogP contribution is -1.96. The summed E-state index contributed by atoms with van der Waals surface area (Å²) in [6, 6.07) is 18.1. The molecule has 4 rings (SSSR count). The number of Topliss-reactive ketones (excluding diaryl/α,β-unsaturated/α-hetero) is 1. The summed E-state index contributed by atoms with van der Waals surface area (Å²) in [4.78, 5) is 16.0. The molecule has 2 aromatic carbocycles. The van der Waals surface area contributed by atoms with Gasteiger partial charge in [-0.3, -0.25) is 9.78 Å². The van der Waals surface area contributed by atoms with Crippen LogP contribution in [-0.4, -0.2) is 10.8 Å². The first-order valence-corrected chi connectivity index (χ1v) is 8.08. The van der Waals surface area contributed by atoms with E-state index in [1.807, 2.05) is 54.7 Å². The molecule has 1 aliphatic rings. The minimum absolute atomic E-state index is 0.245. The number of fused-ring (bicyclic) bond motifs is 1. The molecule has 3 nitrogen and oxygen atoms in total. The van der Waals surface area contributed by atoms with Gasteiger partial charge in [-0.2, -0.15) is 0 Å². The van der Waals surface area contributed by atoms with E-state index in [9.17, 15) is 4.79 Å². The van der Waals surface area contributed by atoms with Crippen molar-refractivity contribution in [3.8, 4) is 16.9 Å². The Labute approximate surface area is 140 Å². The van der Waals surface area contributed by atoms with Crippen molar-refractivity contribution in [3.63, 3.8) is 0 Å². The third-order valence-corrected chi connectivity index (χ3v) is 4.32. The summed E-state index contributed by atoms with van der Waals surface area (Å²) in [5, 5.41) is 0. The Morgan fingerprint density at radius 1 is 0.917 bits per heavy atom. The summed E-state index contributed by atoms with van der Waals surface area (Å²) in [5.41, 5.74) is 5.19. The lowest BCUT2D eigenvalue weighted by Gasteiger charge is -2.09. The predicted octanol–water partition coefficient (Wildman–Crippen LogP) is 4.46. The highest BCUT2D eigenvalue weighted by Gasteiger charge is 2.19. The number of carbonyl (C=O) groups is 1. The van der Waals surface area contributed by atoms with E-state index in [1.54, 1.807) is 6.20 Å². The van der Waals surface area contributed by atoms with Crippen molar-refractivity contribution in [2.45, 2.75) is 19.4 Å². The zero-order valence-electron chi connectivity index (χ0n) is 13.2. The number of ketones is 1. The van der Waals surface area contributed by atoms with E-state index in [0.29, 0.717) is 13.0 Å². The summed E-state index contributed by atoms with van der Waals surface area (Å²) in [7, 11) is 0. The van der Waals surface area contributed by atoms with Crippen molar-refractivity contribution in [1.29, 1.82) is 0 Å². The molecule has 118 valence electrons. The Hall–Kier alpha value is -2.94. The minimum atomic E-state index is 0.245. The first kappa shape index (κ1) is 14.6. The van der Waals surface area contributed by atoms with Gasteiger partial charge in [0.15, 0.2) is 5.78 Å². The molecular formula is C21H17NO2. The summed E-state index contributed by atoms with van der Waals surface area (Å²) in [6.07, 6.45) is 5.01. The SMILES string of the molecule is O=C1CCc2cc(-c3cncc(OCc4ccccc4)c3)ccc21. The summed E-state index contributed by atoms with van der Waals surface area (Å²) in [6.45, 7) is 0.519. The van der Waals surface area contributed by atoms with E-state index >= 15 is 0 Å². The van der Waals surface area contributed by atoms with Gasteiger partial charge in [-0.25, -0.2) is 0 Å². The van der Waals surface area contributed by atoms with Crippen molar-refractivity contribution in [3.05, 3.63) is 83.7 Å². The second-order valence-corrected chi connectivity index (χ2v) is 5.98. The first-order valence-electron chi connectivity index (χ1n) is 8.08. The summed E-state index contributed by atoms with van der Waals surface area (Å²) in [5.74, 6) is 0.988. The molecule has 0 atom stereocenters. The van der Waals surface area contributed by atoms with E-state index in [1.165, 1.54) is 0 Å². The number of rotatable bonds is 4. The van der Waals surface area contributed by atoms with Gasteiger partial charge in [0.1, 0.15) is 12.4 Å². The summed E-state index contributed by atoms with van der Waals surface area (Å²) < 4.78 is 5.85. The molecule has 0 fully saturated rings. The van der Waals surface area contributed by atoms with Gasteiger partial charge >= 0.3 is 0 Å². The highest BCUT2D eigenvalue weighted by molar-refractivity contribution is 6.00. The second-order valence-electron chi connectivity index (χ2n) is 5.98. The minimum Gasteiger partial charge on any atom is -0.487 e. The monoisotopic (exact) mass is 315 g/mol. The third kappa shape index (κ3) is 2.93. The van der Waals surface area contributed by atoms with Crippen molar-refractivity contribution < 1.29 is 9.53 Å². The molecule has 1 aliphatic carbocycles. The molecule has 0 aliphatic heterocycles. The van der Waals surface area contributed by atoms with Crippen molar-refractivity contribution in [1.82, 2.24) is 4.98 Å². The zero-order valence-corrected chi connectivity index (χ0v) is 13.2. The Kier molecular flexibility index (Phi) is 3.83. The van der Waals surface area contributed by atoms with Gasteiger partial charge in [0.05, 0.1) is 6.20 Å². The van der Waals surface area contributed by atoms with E-state index < -0.39 is 0 Å². The molecule has 0 saturated carbocycles. The lowest BCUT2D eigenvalue weighted by molar-refractivity contribution is 0.0994. The maximum atomic E-state index is 11.8. The number of nitrogens with zero attached hydrogens (tertiary/aromatic N) is 1. The molecule has 0 unspecified atom stereocenters. The highest BCUT2D eigenvalue weighted by Crippen LogP contribution is 2.29. The van der Waals surface area contributed by atoms with Gasteiger partial charge in [0, 0.05) is 23.7 Å². The number of pyridine rings is 1. The van der Waals surface area contributed by atoms with Crippen molar-refractivity contribution in [2.75, 3.05) is 0 Å². The number of aryl methyl sites for hydroxylation is 1. The number of carbonyl (C=O) groups excluding carboxylic acids is 1. The molecule has 3 aromatic rings. The Morgan fingerprint density at radius 3 is 2.67 bits per heavy atom. The van der Waals surface area contributed by atoms with Gasteiger partial charge in [-0.05, 0) is 29.2 Å². The van der Waals surface area contributed by atoms with Gasteiger partial charge in [0.2, 0.25) is 0 Å². The van der Waals surface area contributed by atoms with Crippen LogP contribution in [0.25, 0.3) is 11.1 Å². The molecule has 0 saturated heterocycles. The Morgan fingerprint density at radius 2 is 1.79 bits per heavy atom. The van der Waals surface area contributed by atoms with Gasteiger partial charge in [0.25, 0.3) is 0 Å². The van der Waals surface area contributed by atoms with E-state index in [2.05, 4.69) is 11.1 Å². The van der Waals surface area contributed by atoms with Gasteiger partial charge < -0.3 is 4.74 Å². The molecule has 1 heterocycles. The van der Waals surface area contributed by atoms with Crippen LogP contribution < -0.4 is 4.74 Å². The van der Waals surface area contributed by atoms with Crippen LogP contribution >= 0.6 is 0 Å². The van der Waals surface area contributed by atoms with Crippen molar-refractivity contribution >= 4 is 5.78 Å². The van der Waals surface area contributed by atoms with Gasteiger partial charge in [-0.1, -0.05) is 48.5 Å². The molecule has 0 radical (unpaired) electrons. The van der Waals surface area contributed by atoms with Crippen LogP contribution in [0.3, 0.4) is 0 Å². The number of ether oxygens (including phenoxy) is 1. The number of aromatic nitrogens is 1. The standard InChI is InChI=1S/C21H17NO2/c23-21-9-7-17-10-16(6-8-20(17)21)18-11-19(13-22-12-18)24-14-15-4-2-1-3-5-15/h1-6,8,10-13H,7,9,14H2. The molecule has 0 N–H and O–H groups in total. The van der Waals surface area contributed by atoms with E-state index in [4.69, 9.17) is 4.74 Å². The molecular weight excluding hydrogens is 298 g/mol.